The molecule has 96 valence electrons. The Labute approximate surface area is 106 Å². The molecule has 0 bridgehead atoms. The minimum Gasteiger partial charge on any atom is -0.373 e. The van der Waals surface area contributed by atoms with Crippen molar-refractivity contribution in [2.45, 2.75) is 33.1 Å². The number of nitrogens with zero attached hydrogens (tertiary/aromatic N) is 1. The summed E-state index contributed by atoms with van der Waals surface area (Å²) in [5, 5.41) is 3.50. The average Bonchev–Trinajstić information content (AvgIpc) is 2.34. The molecule has 0 atom stereocenters. The van der Waals surface area contributed by atoms with Crippen LogP contribution >= 0.6 is 0 Å². The third kappa shape index (κ3) is 5.22. The van der Waals surface area contributed by atoms with Gasteiger partial charge in [0.2, 0.25) is 0 Å². The lowest BCUT2D eigenvalue weighted by Gasteiger charge is -2.21. The smallest absolute Gasteiger partial charge is 0.0393 e. The normalized spacial score (nSPS) is 10.5. The van der Waals surface area contributed by atoms with Crippen molar-refractivity contribution in [3.05, 3.63) is 29.8 Å². The molecule has 2 nitrogen and oxygen atoms in total. The summed E-state index contributed by atoms with van der Waals surface area (Å²) in [6.45, 7) is 7.69. The number of nitrogens with one attached hydrogen (secondary N) is 1. The number of benzene rings is 1. The average molecular weight is 234 g/mol. The van der Waals surface area contributed by atoms with Gasteiger partial charge in [0.15, 0.2) is 0 Å². The van der Waals surface area contributed by atoms with E-state index in [1.807, 2.05) is 0 Å². The van der Waals surface area contributed by atoms with Crippen LogP contribution < -0.4 is 10.2 Å². The van der Waals surface area contributed by atoms with E-state index in [9.17, 15) is 0 Å². The maximum absolute atomic E-state index is 3.50. The molecule has 1 aromatic rings. The molecule has 0 heterocycles. The fourth-order valence-corrected chi connectivity index (χ4v) is 1.98. The first-order valence-corrected chi connectivity index (χ1v) is 6.73. The van der Waals surface area contributed by atoms with Crippen molar-refractivity contribution >= 4 is 5.69 Å². The maximum atomic E-state index is 3.50. The number of aryl methyl sites for hydroxylation is 1. The van der Waals surface area contributed by atoms with Crippen LogP contribution in [0.1, 0.15) is 31.7 Å². The van der Waals surface area contributed by atoms with E-state index >= 15 is 0 Å². The van der Waals surface area contributed by atoms with Gasteiger partial charge >= 0.3 is 0 Å². The van der Waals surface area contributed by atoms with Gasteiger partial charge in [0.1, 0.15) is 0 Å². The van der Waals surface area contributed by atoms with Gasteiger partial charge in [0, 0.05) is 25.8 Å². The van der Waals surface area contributed by atoms with Crippen molar-refractivity contribution in [1.29, 1.82) is 0 Å². The molecule has 0 unspecified atom stereocenters. The van der Waals surface area contributed by atoms with Crippen LogP contribution in [0.3, 0.4) is 0 Å². The van der Waals surface area contributed by atoms with Crippen LogP contribution in [0.5, 0.6) is 0 Å². The van der Waals surface area contributed by atoms with E-state index in [-0.39, 0.29) is 0 Å². The Morgan fingerprint density at radius 3 is 2.59 bits per heavy atom. The van der Waals surface area contributed by atoms with Crippen molar-refractivity contribution in [3.63, 3.8) is 0 Å². The molecule has 0 amide bonds. The van der Waals surface area contributed by atoms with Gasteiger partial charge in [0.05, 0.1) is 0 Å². The van der Waals surface area contributed by atoms with Crippen molar-refractivity contribution in [1.82, 2.24) is 5.32 Å². The summed E-state index contributed by atoms with van der Waals surface area (Å²) in [5.74, 6) is 0. The van der Waals surface area contributed by atoms with Crippen LogP contribution in [0, 0.1) is 6.92 Å². The van der Waals surface area contributed by atoms with Crippen LogP contribution in [-0.4, -0.2) is 26.7 Å². The van der Waals surface area contributed by atoms with Crippen molar-refractivity contribution in [2.75, 3.05) is 31.6 Å². The molecule has 2 heteroatoms. The Hall–Kier alpha value is -1.02. The van der Waals surface area contributed by atoms with Crippen LogP contribution in [0.4, 0.5) is 5.69 Å². The molecule has 1 aromatic carbocycles. The molecular weight excluding hydrogens is 208 g/mol. The number of hydrogen-bond donors (Lipinski definition) is 1. The molecule has 0 saturated carbocycles. The zero-order valence-electron chi connectivity index (χ0n) is 11.5. The Kier molecular flexibility index (Phi) is 6.71. The number of likely N-dealkylation sites (N-methyl/N-ethyl adjacent to an activating group) is 1. The van der Waals surface area contributed by atoms with Crippen LogP contribution in [0.2, 0.25) is 0 Å². The molecule has 0 aromatic heterocycles. The zero-order valence-corrected chi connectivity index (χ0v) is 11.5. The van der Waals surface area contributed by atoms with Gasteiger partial charge < -0.3 is 10.2 Å². The minimum absolute atomic E-state index is 1.06. The fraction of sp³-hybridized carbons (Fsp3) is 0.600. The zero-order chi connectivity index (χ0) is 12.5. The van der Waals surface area contributed by atoms with E-state index in [1.165, 1.54) is 30.5 Å². The quantitative estimate of drug-likeness (QED) is 0.695. The minimum atomic E-state index is 1.06. The van der Waals surface area contributed by atoms with Gasteiger partial charge in [-0.15, -0.1) is 0 Å². The van der Waals surface area contributed by atoms with Crippen molar-refractivity contribution in [2.24, 2.45) is 0 Å². The molecule has 17 heavy (non-hydrogen) atoms. The summed E-state index contributed by atoms with van der Waals surface area (Å²) in [7, 11) is 2.16. The second-order valence-corrected chi connectivity index (χ2v) is 4.67. The second kappa shape index (κ2) is 8.13. The molecule has 0 radical (unpaired) electrons. The molecule has 0 saturated heterocycles. The predicted octanol–water partition coefficient (Wildman–Crippen LogP) is 3.21. The third-order valence-corrected chi connectivity index (χ3v) is 3.11. The van der Waals surface area contributed by atoms with Crippen LogP contribution in [-0.2, 0) is 0 Å². The summed E-state index contributed by atoms with van der Waals surface area (Å²) in [6, 6.07) is 8.55. The highest BCUT2D eigenvalue weighted by atomic mass is 15.1. The third-order valence-electron chi connectivity index (χ3n) is 3.11. The highest BCUT2D eigenvalue weighted by Gasteiger charge is 2.02. The second-order valence-electron chi connectivity index (χ2n) is 4.67. The molecule has 0 aliphatic rings. The number of unbranched alkanes of at least 4 members (excludes halogenated alkanes) is 2. The predicted molar refractivity (Wildman–Crippen MR) is 76.8 cm³/mol. The lowest BCUT2D eigenvalue weighted by molar-refractivity contribution is 0.615. The lowest BCUT2D eigenvalue weighted by Crippen LogP contribution is -2.30. The van der Waals surface area contributed by atoms with Crippen molar-refractivity contribution < 1.29 is 0 Å². The summed E-state index contributed by atoms with van der Waals surface area (Å²) < 4.78 is 0. The Morgan fingerprint density at radius 2 is 1.88 bits per heavy atom. The topological polar surface area (TPSA) is 15.3 Å². The SMILES string of the molecule is CCCCCNCCN(C)c1ccccc1C. The van der Waals surface area contributed by atoms with E-state index in [2.05, 4.69) is 55.4 Å². The maximum Gasteiger partial charge on any atom is 0.0393 e. The standard InChI is InChI=1S/C15H26N2/c1-4-5-8-11-16-12-13-17(3)15-10-7-6-9-14(15)2/h6-7,9-10,16H,4-5,8,11-13H2,1-3H3. The Balaban J connectivity index is 2.21. The Morgan fingerprint density at radius 1 is 1.12 bits per heavy atom. The molecule has 0 aliphatic heterocycles. The first-order chi connectivity index (χ1) is 8.25. The van der Waals surface area contributed by atoms with E-state index in [4.69, 9.17) is 0 Å². The highest BCUT2D eigenvalue weighted by Crippen LogP contribution is 2.16. The number of rotatable bonds is 8. The summed E-state index contributed by atoms with van der Waals surface area (Å²) in [4.78, 5) is 2.32. The van der Waals surface area contributed by atoms with E-state index in [1.54, 1.807) is 0 Å². The van der Waals surface area contributed by atoms with Crippen LogP contribution in [0.25, 0.3) is 0 Å². The van der Waals surface area contributed by atoms with Crippen LogP contribution in [0.15, 0.2) is 24.3 Å². The molecule has 0 spiro atoms. The molecule has 1 N–H and O–H groups in total. The first-order valence-electron chi connectivity index (χ1n) is 6.73. The highest BCUT2D eigenvalue weighted by molar-refractivity contribution is 5.52. The molecule has 0 fully saturated rings. The molecule has 1 rings (SSSR count). The fourth-order valence-electron chi connectivity index (χ4n) is 1.98. The van der Waals surface area contributed by atoms with E-state index in [0.717, 1.165) is 19.6 Å². The summed E-state index contributed by atoms with van der Waals surface area (Å²) in [6.07, 6.45) is 3.93. The Bertz CT molecular complexity index is 310. The van der Waals surface area contributed by atoms with Gasteiger partial charge in [-0.3, -0.25) is 0 Å². The van der Waals surface area contributed by atoms with E-state index in [0.29, 0.717) is 0 Å². The number of para-hydroxylation sites is 1. The van der Waals surface area contributed by atoms with Gasteiger partial charge in [-0.05, 0) is 31.5 Å². The van der Waals surface area contributed by atoms with Crippen molar-refractivity contribution in [3.8, 4) is 0 Å². The first kappa shape index (κ1) is 14.0. The summed E-state index contributed by atoms with van der Waals surface area (Å²) >= 11 is 0. The van der Waals surface area contributed by atoms with Gasteiger partial charge in [-0.25, -0.2) is 0 Å². The van der Waals surface area contributed by atoms with Gasteiger partial charge in [0.25, 0.3) is 0 Å². The van der Waals surface area contributed by atoms with E-state index < -0.39 is 0 Å². The summed E-state index contributed by atoms with van der Waals surface area (Å²) in [5.41, 5.74) is 2.68. The van der Waals surface area contributed by atoms with Gasteiger partial charge in [-0.2, -0.15) is 0 Å². The number of hydrogen-bond acceptors (Lipinski definition) is 2. The molecular formula is C15H26N2. The monoisotopic (exact) mass is 234 g/mol. The van der Waals surface area contributed by atoms with Gasteiger partial charge in [-0.1, -0.05) is 38.0 Å². The molecule has 0 aliphatic carbocycles. The number of anilines is 1. The lowest BCUT2D eigenvalue weighted by atomic mass is 10.2. The largest absolute Gasteiger partial charge is 0.373 e.